The molecule has 0 unspecified atom stereocenters. The predicted octanol–water partition coefficient (Wildman–Crippen LogP) is 5.82. The van der Waals surface area contributed by atoms with E-state index >= 15 is 0 Å². The second kappa shape index (κ2) is 11.8. The summed E-state index contributed by atoms with van der Waals surface area (Å²) in [5.74, 6) is -0.154. The fraction of sp³-hybridized carbons (Fsp3) is 0.250. The first kappa shape index (κ1) is 26.1. The van der Waals surface area contributed by atoms with Gasteiger partial charge in [0.2, 0.25) is 5.89 Å². The van der Waals surface area contributed by atoms with E-state index in [0.717, 1.165) is 17.3 Å². The van der Waals surface area contributed by atoms with E-state index in [1.165, 1.54) is 18.4 Å². The molecule has 0 saturated heterocycles. The molecule has 0 bridgehead atoms. The Balaban J connectivity index is 1.49. The number of hydrogen-bond acceptors (Lipinski definition) is 5. The Morgan fingerprint density at radius 3 is 2.46 bits per heavy atom. The summed E-state index contributed by atoms with van der Waals surface area (Å²) in [7, 11) is 0. The van der Waals surface area contributed by atoms with Crippen LogP contribution in [0.4, 0.5) is 13.2 Å². The maximum absolute atomic E-state index is 13.7. The number of carbonyl (C=O) groups is 1. The molecular weight excluding hydrogens is 481 g/mol. The summed E-state index contributed by atoms with van der Waals surface area (Å²) in [5, 5.41) is 2.79. The molecule has 37 heavy (non-hydrogen) atoms. The predicted molar refractivity (Wildman–Crippen MR) is 132 cm³/mol. The third-order valence-electron chi connectivity index (χ3n) is 6.04. The normalized spacial score (nSPS) is 12.5. The van der Waals surface area contributed by atoms with Crippen molar-refractivity contribution < 1.29 is 22.4 Å². The van der Waals surface area contributed by atoms with Gasteiger partial charge < -0.3 is 9.73 Å². The highest BCUT2D eigenvalue weighted by atomic mass is 19.4. The number of rotatable bonds is 10. The highest BCUT2D eigenvalue weighted by Gasteiger charge is 2.34. The molecule has 9 heteroatoms. The lowest BCUT2D eigenvalue weighted by molar-refractivity contribution is -0.138. The molecule has 4 rings (SSSR count). The van der Waals surface area contributed by atoms with Gasteiger partial charge in [0.25, 0.3) is 5.91 Å². The van der Waals surface area contributed by atoms with Crippen LogP contribution in [0.25, 0.3) is 0 Å². The number of oxazole rings is 1. The largest absolute Gasteiger partial charge is 0.447 e. The average Bonchev–Trinajstić information content (AvgIpc) is 3.37. The van der Waals surface area contributed by atoms with E-state index in [1.807, 2.05) is 60.4 Å². The van der Waals surface area contributed by atoms with Gasteiger partial charge in [-0.15, -0.1) is 0 Å². The molecule has 6 nitrogen and oxygen atoms in total. The van der Waals surface area contributed by atoms with Crippen molar-refractivity contribution in [2.45, 2.75) is 38.7 Å². The van der Waals surface area contributed by atoms with Crippen molar-refractivity contribution in [3.8, 4) is 0 Å². The van der Waals surface area contributed by atoms with Gasteiger partial charge in [0, 0.05) is 37.4 Å². The molecule has 0 fully saturated rings. The molecular formula is C28H27F3N4O2. The summed E-state index contributed by atoms with van der Waals surface area (Å²) in [6.07, 6.45) is -0.948. The molecule has 0 spiro atoms. The summed E-state index contributed by atoms with van der Waals surface area (Å²) >= 11 is 0. The number of nitrogens with zero attached hydrogens (tertiary/aromatic N) is 3. The lowest BCUT2D eigenvalue weighted by Gasteiger charge is -2.29. The van der Waals surface area contributed by atoms with Crippen molar-refractivity contribution in [1.82, 2.24) is 20.2 Å². The Bertz CT molecular complexity index is 1290. The number of amides is 1. The quantitative estimate of drug-likeness (QED) is 0.292. The molecule has 192 valence electrons. The summed E-state index contributed by atoms with van der Waals surface area (Å²) < 4.78 is 46.5. The number of pyridine rings is 1. The molecule has 0 aliphatic heterocycles. The van der Waals surface area contributed by atoms with E-state index in [-0.39, 0.29) is 36.3 Å². The zero-order valence-electron chi connectivity index (χ0n) is 20.3. The maximum Gasteiger partial charge on any atom is 0.416 e. The van der Waals surface area contributed by atoms with E-state index in [4.69, 9.17) is 4.42 Å². The summed E-state index contributed by atoms with van der Waals surface area (Å²) in [4.78, 5) is 22.9. The third kappa shape index (κ3) is 7.04. The number of hydrogen-bond donors (Lipinski definition) is 1. The van der Waals surface area contributed by atoms with Crippen LogP contribution in [0.1, 0.15) is 51.7 Å². The van der Waals surface area contributed by atoms with Gasteiger partial charge in [-0.25, -0.2) is 4.98 Å². The molecule has 0 saturated carbocycles. The van der Waals surface area contributed by atoms with E-state index in [0.29, 0.717) is 13.0 Å². The standard InChI is InChI=1S/C28H27F3N4O2/c1-20(21-9-3-2-4-10-21)35(17-22-11-5-6-13-24(22)28(29,30)31)18-26-34-25(19-37-26)27(36)33-16-14-23-12-7-8-15-32-23/h2-13,15,19-20H,14,16-18H2,1H3,(H,33,36)/t20-/m0/s1. The summed E-state index contributed by atoms with van der Waals surface area (Å²) in [6, 6.07) is 20.3. The van der Waals surface area contributed by atoms with Crippen LogP contribution in [0.5, 0.6) is 0 Å². The topological polar surface area (TPSA) is 71.3 Å². The van der Waals surface area contributed by atoms with Gasteiger partial charge in [-0.2, -0.15) is 13.2 Å². The van der Waals surface area contributed by atoms with Crippen LogP contribution in [-0.4, -0.2) is 27.3 Å². The average molecular weight is 509 g/mol. The first-order chi connectivity index (χ1) is 17.8. The van der Waals surface area contributed by atoms with E-state index in [2.05, 4.69) is 15.3 Å². The first-order valence-corrected chi connectivity index (χ1v) is 11.9. The van der Waals surface area contributed by atoms with E-state index in [1.54, 1.807) is 12.3 Å². The van der Waals surface area contributed by atoms with Gasteiger partial charge in [0.05, 0.1) is 12.1 Å². The number of halogens is 3. The Labute approximate surface area is 213 Å². The van der Waals surface area contributed by atoms with Crippen LogP contribution >= 0.6 is 0 Å². The van der Waals surface area contributed by atoms with Gasteiger partial charge >= 0.3 is 6.18 Å². The molecule has 1 N–H and O–H groups in total. The van der Waals surface area contributed by atoms with E-state index in [9.17, 15) is 18.0 Å². The van der Waals surface area contributed by atoms with Gasteiger partial charge in [-0.05, 0) is 36.2 Å². The van der Waals surface area contributed by atoms with Gasteiger partial charge in [-0.1, -0.05) is 54.6 Å². The van der Waals surface area contributed by atoms with Gasteiger partial charge in [0.15, 0.2) is 5.69 Å². The van der Waals surface area contributed by atoms with Crippen LogP contribution in [0, 0.1) is 0 Å². The Morgan fingerprint density at radius 1 is 1.00 bits per heavy atom. The first-order valence-electron chi connectivity index (χ1n) is 11.9. The Hall–Kier alpha value is -3.98. The monoisotopic (exact) mass is 508 g/mol. The maximum atomic E-state index is 13.7. The number of aromatic nitrogens is 2. The number of nitrogens with one attached hydrogen (secondary N) is 1. The highest BCUT2D eigenvalue weighted by Crippen LogP contribution is 2.34. The van der Waals surface area contributed by atoms with Crippen molar-refractivity contribution in [3.63, 3.8) is 0 Å². The number of benzene rings is 2. The van der Waals surface area contributed by atoms with Crippen LogP contribution in [0.2, 0.25) is 0 Å². The lowest BCUT2D eigenvalue weighted by atomic mass is 10.0. The molecule has 0 aliphatic rings. The van der Waals surface area contributed by atoms with Gasteiger partial charge in [-0.3, -0.25) is 14.7 Å². The molecule has 0 aliphatic carbocycles. The second-order valence-electron chi connectivity index (χ2n) is 8.60. The minimum atomic E-state index is -4.47. The fourth-order valence-corrected chi connectivity index (χ4v) is 4.03. The van der Waals surface area contributed by atoms with Crippen LogP contribution in [0.15, 0.2) is 89.7 Å². The van der Waals surface area contributed by atoms with Crippen LogP contribution in [-0.2, 0) is 25.7 Å². The van der Waals surface area contributed by atoms with E-state index < -0.39 is 17.6 Å². The molecule has 4 aromatic rings. The number of carbonyl (C=O) groups excluding carboxylic acids is 1. The third-order valence-corrected chi connectivity index (χ3v) is 6.04. The Morgan fingerprint density at radius 2 is 1.73 bits per heavy atom. The van der Waals surface area contributed by atoms with Crippen molar-refractivity contribution >= 4 is 5.91 Å². The second-order valence-corrected chi connectivity index (χ2v) is 8.60. The van der Waals surface area contributed by atoms with Crippen molar-refractivity contribution in [2.24, 2.45) is 0 Å². The van der Waals surface area contributed by atoms with Crippen molar-refractivity contribution in [2.75, 3.05) is 6.54 Å². The zero-order chi connectivity index (χ0) is 26.3. The minimum absolute atomic E-state index is 0.0136. The highest BCUT2D eigenvalue weighted by molar-refractivity contribution is 5.91. The molecule has 0 radical (unpaired) electrons. The molecule has 2 aromatic heterocycles. The number of alkyl halides is 3. The fourth-order valence-electron chi connectivity index (χ4n) is 4.03. The van der Waals surface area contributed by atoms with Crippen molar-refractivity contribution in [1.29, 1.82) is 0 Å². The summed E-state index contributed by atoms with van der Waals surface area (Å²) in [5.41, 5.74) is 1.37. The molecule has 2 aromatic carbocycles. The van der Waals surface area contributed by atoms with Crippen LogP contribution < -0.4 is 5.32 Å². The van der Waals surface area contributed by atoms with Crippen LogP contribution in [0.3, 0.4) is 0 Å². The SMILES string of the molecule is C[C@@H](c1ccccc1)N(Cc1nc(C(=O)NCCc2ccccn2)co1)Cc1ccccc1C(F)(F)F. The van der Waals surface area contributed by atoms with Gasteiger partial charge in [0.1, 0.15) is 6.26 Å². The summed E-state index contributed by atoms with van der Waals surface area (Å²) in [6.45, 7) is 2.42. The zero-order valence-corrected chi connectivity index (χ0v) is 20.3. The molecule has 1 amide bonds. The Kier molecular flexibility index (Phi) is 8.35. The smallest absolute Gasteiger partial charge is 0.416 e. The molecule has 1 atom stereocenters. The lowest BCUT2D eigenvalue weighted by Crippen LogP contribution is -2.28. The minimum Gasteiger partial charge on any atom is -0.447 e. The van der Waals surface area contributed by atoms with Crippen molar-refractivity contribution in [3.05, 3.63) is 119 Å². The molecule has 2 heterocycles.